The minimum absolute atomic E-state index is 0. The molecule has 0 heterocycles. The number of carboxylic acid groups (broad SMARTS) is 1. The molecule has 10 heteroatoms. The van der Waals surface area contributed by atoms with Crippen molar-refractivity contribution in [2.45, 2.75) is 24.3 Å². The second-order valence-electron chi connectivity index (χ2n) is 5.99. The van der Waals surface area contributed by atoms with Crippen molar-refractivity contribution in [1.82, 2.24) is 4.72 Å². The maximum Gasteiger partial charge on any atom is 0.341 e. The van der Waals surface area contributed by atoms with Crippen LogP contribution in [0.1, 0.15) is 18.1 Å². The molecule has 0 aliphatic rings. The molecule has 5 N–H and O–H groups in total. The quantitative estimate of drug-likeness (QED) is 0.354. The maximum absolute atomic E-state index is 12.4. The van der Waals surface area contributed by atoms with Gasteiger partial charge in [0, 0.05) is 11.6 Å². The number of hydrogen-bond acceptors (Lipinski definition) is 5. The smallest absolute Gasteiger partial charge is 0.341 e. The first kappa shape index (κ1) is 23.4. The highest BCUT2D eigenvalue weighted by atomic mass is 35.5. The van der Waals surface area contributed by atoms with Crippen molar-refractivity contribution in [2.24, 2.45) is 5.73 Å². The number of carbonyl (C=O) groups is 1. The number of nitrogens with two attached hydrogens (primary N) is 1. The maximum atomic E-state index is 12.4. The largest absolute Gasteiger partial charge is 0.482 e. The van der Waals surface area contributed by atoms with E-state index in [0.717, 1.165) is 5.56 Å². The Balaban J connectivity index is 0.00000392. The molecule has 0 radical (unpaired) electrons. The van der Waals surface area contributed by atoms with E-state index in [-0.39, 0.29) is 29.2 Å². The SMILES string of the molecule is C[C@@H](Cc1ccc(OCC(=O)O)cc1)NS(=O)(=O)c1ccc(C(=N)N)cc1.Cl. The first-order valence-electron chi connectivity index (χ1n) is 8.07. The van der Waals surface area contributed by atoms with Crippen LogP contribution in [0.25, 0.3) is 0 Å². The van der Waals surface area contributed by atoms with Gasteiger partial charge in [-0.25, -0.2) is 17.9 Å². The molecule has 0 aliphatic heterocycles. The van der Waals surface area contributed by atoms with Gasteiger partial charge in [0.05, 0.1) is 4.90 Å². The number of nitrogen functional groups attached to an aromatic ring is 1. The molecule has 1 atom stereocenters. The third-order valence-electron chi connectivity index (χ3n) is 3.66. The number of sulfonamides is 1. The average Bonchev–Trinajstić information content (AvgIpc) is 2.60. The summed E-state index contributed by atoms with van der Waals surface area (Å²) in [6, 6.07) is 12.2. The first-order chi connectivity index (χ1) is 12.7. The molecule has 0 saturated carbocycles. The van der Waals surface area contributed by atoms with E-state index in [1.807, 2.05) is 0 Å². The first-order valence-corrected chi connectivity index (χ1v) is 9.56. The number of halogens is 1. The van der Waals surface area contributed by atoms with Crippen LogP contribution in [0.15, 0.2) is 53.4 Å². The molecular formula is C18H22ClN3O5S. The van der Waals surface area contributed by atoms with E-state index in [4.69, 9.17) is 21.0 Å². The van der Waals surface area contributed by atoms with Gasteiger partial charge in [-0.2, -0.15) is 0 Å². The zero-order chi connectivity index (χ0) is 20.0. The second-order valence-corrected chi connectivity index (χ2v) is 7.70. The number of aliphatic carboxylic acids is 1. The minimum Gasteiger partial charge on any atom is -0.482 e. The molecule has 0 fully saturated rings. The normalized spacial score (nSPS) is 11.9. The topological polar surface area (TPSA) is 143 Å². The van der Waals surface area contributed by atoms with Gasteiger partial charge in [0.25, 0.3) is 0 Å². The summed E-state index contributed by atoms with van der Waals surface area (Å²) < 4.78 is 32.6. The second kappa shape index (κ2) is 10.1. The van der Waals surface area contributed by atoms with Crippen molar-refractivity contribution in [2.75, 3.05) is 6.61 Å². The Morgan fingerprint density at radius 3 is 2.25 bits per heavy atom. The zero-order valence-electron chi connectivity index (χ0n) is 15.1. The van der Waals surface area contributed by atoms with Crippen LogP contribution in [0.5, 0.6) is 5.75 Å². The molecule has 0 unspecified atom stereocenters. The number of hydrogen-bond donors (Lipinski definition) is 4. The van der Waals surface area contributed by atoms with Gasteiger partial charge in [0.1, 0.15) is 11.6 Å². The number of amidine groups is 1. The van der Waals surface area contributed by atoms with Crippen molar-refractivity contribution in [3.63, 3.8) is 0 Å². The van der Waals surface area contributed by atoms with Gasteiger partial charge in [-0.3, -0.25) is 5.41 Å². The molecule has 0 aromatic heterocycles. The average molecular weight is 428 g/mol. The van der Waals surface area contributed by atoms with Crippen LogP contribution in [0.4, 0.5) is 0 Å². The summed E-state index contributed by atoms with van der Waals surface area (Å²) in [6.07, 6.45) is 0.448. The fraction of sp³-hybridized carbons (Fsp3) is 0.222. The highest BCUT2D eigenvalue weighted by molar-refractivity contribution is 7.89. The molecule has 0 aliphatic carbocycles. The molecule has 28 heavy (non-hydrogen) atoms. The third-order valence-corrected chi connectivity index (χ3v) is 5.26. The van der Waals surface area contributed by atoms with Crippen LogP contribution in [-0.4, -0.2) is 38.0 Å². The number of nitrogens with one attached hydrogen (secondary N) is 2. The lowest BCUT2D eigenvalue weighted by atomic mass is 10.1. The summed E-state index contributed by atoms with van der Waals surface area (Å²) in [7, 11) is -3.70. The van der Waals surface area contributed by atoms with E-state index in [9.17, 15) is 13.2 Å². The number of benzene rings is 2. The highest BCUT2D eigenvalue weighted by Gasteiger charge is 2.17. The van der Waals surface area contributed by atoms with Gasteiger partial charge in [-0.1, -0.05) is 12.1 Å². The van der Waals surface area contributed by atoms with Crippen LogP contribution in [0.3, 0.4) is 0 Å². The lowest BCUT2D eigenvalue weighted by molar-refractivity contribution is -0.139. The van der Waals surface area contributed by atoms with E-state index in [1.54, 1.807) is 31.2 Å². The fourth-order valence-electron chi connectivity index (χ4n) is 2.41. The van der Waals surface area contributed by atoms with E-state index < -0.39 is 22.6 Å². The fourth-order valence-corrected chi connectivity index (χ4v) is 3.65. The van der Waals surface area contributed by atoms with Crippen molar-refractivity contribution in [3.8, 4) is 5.75 Å². The molecular weight excluding hydrogens is 406 g/mol. The van der Waals surface area contributed by atoms with Crippen molar-refractivity contribution >= 4 is 34.2 Å². The molecule has 2 aromatic rings. The number of carboxylic acids is 1. The lowest BCUT2D eigenvalue weighted by Crippen LogP contribution is -2.34. The van der Waals surface area contributed by atoms with Crippen molar-refractivity contribution < 1.29 is 23.1 Å². The van der Waals surface area contributed by atoms with Crippen LogP contribution in [0.2, 0.25) is 0 Å². The van der Waals surface area contributed by atoms with Crippen LogP contribution in [0, 0.1) is 5.41 Å². The number of rotatable bonds is 9. The van der Waals surface area contributed by atoms with Crippen molar-refractivity contribution in [1.29, 1.82) is 5.41 Å². The van der Waals surface area contributed by atoms with Gasteiger partial charge in [0.15, 0.2) is 6.61 Å². The Labute approximate surface area is 169 Å². The van der Waals surface area contributed by atoms with Gasteiger partial charge in [-0.15, -0.1) is 12.4 Å². The molecule has 0 bridgehead atoms. The monoisotopic (exact) mass is 427 g/mol. The minimum atomic E-state index is -3.70. The zero-order valence-corrected chi connectivity index (χ0v) is 16.7. The molecule has 2 aromatic carbocycles. The predicted molar refractivity (Wildman–Crippen MR) is 108 cm³/mol. The molecule has 0 amide bonds. The van der Waals surface area contributed by atoms with E-state index >= 15 is 0 Å². The lowest BCUT2D eigenvalue weighted by Gasteiger charge is -2.15. The van der Waals surface area contributed by atoms with Gasteiger partial charge >= 0.3 is 5.97 Å². The molecule has 2 rings (SSSR count). The van der Waals surface area contributed by atoms with Gasteiger partial charge in [0.2, 0.25) is 10.0 Å². The Hall–Kier alpha value is -2.62. The predicted octanol–water partition coefficient (Wildman–Crippen LogP) is 1.77. The van der Waals surface area contributed by atoms with Gasteiger partial charge < -0.3 is 15.6 Å². The molecule has 8 nitrogen and oxygen atoms in total. The van der Waals surface area contributed by atoms with Crippen LogP contribution >= 0.6 is 12.4 Å². The van der Waals surface area contributed by atoms with Crippen LogP contribution < -0.4 is 15.2 Å². The van der Waals surface area contributed by atoms with E-state index in [0.29, 0.717) is 17.7 Å². The highest BCUT2D eigenvalue weighted by Crippen LogP contribution is 2.15. The summed E-state index contributed by atoms with van der Waals surface area (Å²) in [5.41, 5.74) is 6.69. The summed E-state index contributed by atoms with van der Waals surface area (Å²) >= 11 is 0. The molecule has 152 valence electrons. The van der Waals surface area contributed by atoms with E-state index in [1.165, 1.54) is 24.3 Å². The summed E-state index contributed by atoms with van der Waals surface area (Å²) in [5.74, 6) is -0.755. The Bertz CT molecular complexity index is 915. The molecule has 0 saturated heterocycles. The van der Waals surface area contributed by atoms with E-state index in [2.05, 4.69) is 4.72 Å². The Kier molecular flexibility index (Phi) is 8.42. The van der Waals surface area contributed by atoms with Crippen molar-refractivity contribution in [3.05, 3.63) is 59.7 Å². The summed E-state index contributed by atoms with van der Waals surface area (Å²) in [4.78, 5) is 10.6. The standard InChI is InChI=1S/C18H21N3O5S.ClH/c1-12(10-13-2-6-15(7-3-13)26-11-17(22)23)21-27(24,25)16-8-4-14(5-9-16)18(19)20;/h2-9,12,21H,10-11H2,1H3,(H3,19,20)(H,22,23);1H/t12-;/m0./s1. The van der Waals surface area contributed by atoms with Crippen LogP contribution in [-0.2, 0) is 21.2 Å². The Morgan fingerprint density at radius 1 is 1.18 bits per heavy atom. The third kappa shape index (κ3) is 6.84. The summed E-state index contributed by atoms with van der Waals surface area (Å²) in [5, 5.41) is 15.9. The van der Waals surface area contributed by atoms with Gasteiger partial charge in [-0.05, 0) is 55.3 Å². The number of ether oxygens (including phenoxy) is 1. The Morgan fingerprint density at radius 2 is 1.75 bits per heavy atom. The summed E-state index contributed by atoms with van der Waals surface area (Å²) in [6.45, 7) is 1.33. The molecule has 0 spiro atoms.